The van der Waals surface area contributed by atoms with E-state index in [1.165, 1.54) is 34.5 Å². The Morgan fingerprint density at radius 3 is 2.76 bits per heavy atom. The molecule has 0 fully saturated rings. The van der Waals surface area contributed by atoms with Gasteiger partial charge in [0, 0.05) is 22.1 Å². The molecule has 0 saturated heterocycles. The molecule has 0 aliphatic heterocycles. The third-order valence-corrected chi connectivity index (χ3v) is 5.83. The normalized spacial score (nSPS) is 11.2. The number of benzene rings is 2. The third kappa shape index (κ3) is 4.48. The van der Waals surface area contributed by atoms with Crippen LogP contribution in [0.4, 0.5) is 5.69 Å². The van der Waals surface area contributed by atoms with E-state index in [1.54, 1.807) is 0 Å². The molecule has 10 nitrogen and oxygen atoms in total. The van der Waals surface area contributed by atoms with Crippen LogP contribution in [0.5, 0.6) is 5.75 Å². The zero-order chi connectivity index (χ0) is 23.5. The van der Waals surface area contributed by atoms with Crippen LogP contribution in [0, 0.1) is 17.0 Å². The molecule has 0 bridgehead atoms. The molecule has 33 heavy (non-hydrogen) atoms. The van der Waals surface area contributed by atoms with Gasteiger partial charge in [-0.05, 0) is 18.2 Å². The molecule has 4 aromatic rings. The first-order valence-corrected chi connectivity index (χ1v) is 10.5. The first-order chi connectivity index (χ1) is 15.8. The van der Waals surface area contributed by atoms with E-state index < -0.39 is 22.3 Å². The van der Waals surface area contributed by atoms with Crippen LogP contribution in [0.15, 0.2) is 64.8 Å². The van der Waals surface area contributed by atoms with Crippen LogP contribution >= 0.6 is 11.3 Å². The van der Waals surface area contributed by atoms with Crippen molar-refractivity contribution in [1.29, 1.82) is 0 Å². The predicted octanol–water partition coefficient (Wildman–Crippen LogP) is 2.57. The summed E-state index contributed by atoms with van der Waals surface area (Å²) in [5.41, 5.74) is 3.29. The van der Waals surface area contributed by atoms with Gasteiger partial charge in [0.25, 0.3) is 17.2 Å². The monoisotopic (exact) mass is 462 g/mol. The minimum absolute atomic E-state index is 0.267. The molecule has 11 heteroatoms. The van der Waals surface area contributed by atoms with Crippen molar-refractivity contribution < 1.29 is 14.8 Å². The number of nitrogens with one attached hydrogen (secondary N) is 1. The topological polar surface area (TPSA) is 143 Å². The van der Waals surface area contributed by atoms with E-state index in [1.807, 2.05) is 37.3 Å². The maximum atomic E-state index is 13.1. The molecule has 4 rings (SSSR count). The van der Waals surface area contributed by atoms with Crippen molar-refractivity contribution in [2.24, 2.45) is 5.10 Å². The van der Waals surface area contributed by atoms with Gasteiger partial charge in [-0.2, -0.15) is 5.10 Å². The Morgan fingerprint density at radius 1 is 1.27 bits per heavy atom. The largest absolute Gasteiger partial charge is 0.868 e. The zero-order valence-corrected chi connectivity index (χ0v) is 18.0. The van der Waals surface area contributed by atoms with E-state index >= 15 is 0 Å². The van der Waals surface area contributed by atoms with Crippen LogP contribution in [-0.4, -0.2) is 26.6 Å². The highest BCUT2D eigenvalue weighted by atomic mass is 32.1. The van der Waals surface area contributed by atoms with Crippen LogP contribution in [0.2, 0.25) is 0 Å². The number of amides is 1. The Hall–Kier alpha value is -4.38. The number of hydrogen-bond acceptors (Lipinski definition) is 8. The molecule has 0 atom stereocenters. The fourth-order valence-corrected chi connectivity index (χ4v) is 4.33. The number of carbonyl (C=O) groups is 1. The minimum atomic E-state index is -0.788. The summed E-state index contributed by atoms with van der Waals surface area (Å²) in [4.78, 5) is 41.4. The zero-order valence-electron chi connectivity index (χ0n) is 17.2. The van der Waals surface area contributed by atoms with Gasteiger partial charge in [0.15, 0.2) is 0 Å². The van der Waals surface area contributed by atoms with E-state index in [4.69, 9.17) is 0 Å². The van der Waals surface area contributed by atoms with Gasteiger partial charge < -0.3 is 5.11 Å². The number of rotatable bonds is 6. The van der Waals surface area contributed by atoms with Crippen LogP contribution in [0.25, 0.3) is 21.3 Å². The molecule has 2 aromatic carbocycles. The van der Waals surface area contributed by atoms with Gasteiger partial charge in [0.05, 0.1) is 22.9 Å². The lowest BCUT2D eigenvalue weighted by molar-refractivity contribution is -0.398. The molecule has 0 aliphatic carbocycles. The van der Waals surface area contributed by atoms with Gasteiger partial charge in [0.1, 0.15) is 11.4 Å². The van der Waals surface area contributed by atoms with Crippen molar-refractivity contribution in [3.63, 3.8) is 0 Å². The van der Waals surface area contributed by atoms with Crippen molar-refractivity contribution in [2.45, 2.75) is 13.5 Å². The molecule has 1 N–H and O–H groups in total. The quantitative estimate of drug-likeness (QED) is 0.265. The Bertz CT molecular complexity index is 1460. The fraction of sp³-hybridized carbons (Fsp3) is 0.0909. The van der Waals surface area contributed by atoms with Crippen molar-refractivity contribution in [1.82, 2.24) is 15.0 Å². The molecule has 2 aromatic heterocycles. The summed E-state index contributed by atoms with van der Waals surface area (Å²) in [6, 6.07) is 12.9. The van der Waals surface area contributed by atoms with Gasteiger partial charge in [-0.15, -0.1) is 11.3 Å². The van der Waals surface area contributed by atoms with Crippen LogP contribution in [0.3, 0.4) is 0 Å². The number of nitro benzene ring substituents is 1. The second-order valence-electron chi connectivity index (χ2n) is 7.03. The van der Waals surface area contributed by atoms with Crippen molar-refractivity contribution in [3.8, 4) is 16.9 Å². The minimum Gasteiger partial charge on any atom is -0.868 e. The van der Waals surface area contributed by atoms with Gasteiger partial charge >= 0.3 is 0 Å². The molecule has 2 heterocycles. The first kappa shape index (κ1) is 21.8. The molecular formula is C22H16N5O5S-. The van der Waals surface area contributed by atoms with Crippen molar-refractivity contribution in [2.75, 3.05) is 0 Å². The van der Waals surface area contributed by atoms with Crippen LogP contribution in [0.1, 0.15) is 10.4 Å². The lowest BCUT2D eigenvalue weighted by Gasteiger charge is -2.07. The molecule has 1 amide bonds. The fourth-order valence-electron chi connectivity index (χ4n) is 3.33. The second kappa shape index (κ2) is 9.01. The summed E-state index contributed by atoms with van der Waals surface area (Å²) in [5.74, 6) is -1.31. The number of carbonyl (C=O) groups excluding carboxylic acids is 1. The number of thiophene rings is 1. The third-order valence-electron chi connectivity index (χ3n) is 4.81. The smallest absolute Gasteiger partial charge is 0.263 e. The second-order valence-corrected chi connectivity index (χ2v) is 8.24. The van der Waals surface area contributed by atoms with E-state index in [0.717, 1.165) is 28.1 Å². The lowest BCUT2D eigenvalue weighted by Crippen LogP contribution is -2.30. The highest BCUT2D eigenvalue weighted by Gasteiger charge is 2.17. The van der Waals surface area contributed by atoms with Crippen molar-refractivity contribution >= 4 is 39.4 Å². The van der Waals surface area contributed by atoms with Gasteiger partial charge in [0.2, 0.25) is 0 Å². The molecular weight excluding hydrogens is 446 g/mol. The average Bonchev–Trinajstić information content (AvgIpc) is 3.14. The molecule has 0 aliphatic rings. The molecule has 0 unspecified atom stereocenters. The molecule has 0 spiro atoms. The number of nitro groups is 1. The summed E-state index contributed by atoms with van der Waals surface area (Å²) in [5, 5.41) is 26.5. The maximum Gasteiger partial charge on any atom is 0.263 e. The summed E-state index contributed by atoms with van der Waals surface area (Å²) in [6.07, 6.45) is 2.49. The van der Waals surface area contributed by atoms with Crippen molar-refractivity contribution in [3.05, 3.63) is 85.8 Å². The maximum absolute atomic E-state index is 13.1. The van der Waals surface area contributed by atoms with E-state index in [9.17, 15) is 24.8 Å². The Labute approximate surface area is 190 Å². The van der Waals surface area contributed by atoms with Crippen LogP contribution < -0.4 is 16.1 Å². The van der Waals surface area contributed by atoms with E-state index in [2.05, 4.69) is 15.5 Å². The summed E-state index contributed by atoms with van der Waals surface area (Å²) < 4.78 is 1.20. The Balaban J connectivity index is 1.55. The SMILES string of the molecule is Cc1sc2ncn(CC(=O)NN=Cc3ccc([O-])c([N+](=O)[O-])c3)c(=O)c2c1-c1ccccc1. The number of hydrazone groups is 1. The van der Waals surface area contributed by atoms with E-state index in [-0.39, 0.29) is 17.7 Å². The van der Waals surface area contributed by atoms with Crippen LogP contribution in [-0.2, 0) is 11.3 Å². The Kier molecular flexibility index (Phi) is 5.96. The standard InChI is InChI=1S/C22H17N5O5S/c1-13-19(15-5-3-2-4-6-15)20-21(33-13)23-12-26(22(20)30)11-18(29)25-24-10-14-7-8-17(28)16(9-14)27(31)32/h2-10,12,28H,11H2,1H3,(H,25,29)/p-1. The van der Waals surface area contributed by atoms with Gasteiger partial charge in [-0.25, -0.2) is 10.4 Å². The number of nitrogens with zero attached hydrogens (tertiary/aromatic N) is 4. The summed E-state index contributed by atoms with van der Waals surface area (Å²) in [7, 11) is 0. The van der Waals surface area contributed by atoms with Gasteiger partial charge in [-0.1, -0.05) is 42.5 Å². The highest BCUT2D eigenvalue weighted by Crippen LogP contribution is 2.35. The van der Waals surface area contributed by atoms with Gasteiger partial charge in [-0.3, -0.25) is 24.3 Å². The Morgan fingerprint density at radius 2 is 2.03 bits per heavy atom. The molecule has 166 valence electrons. The number of aryl methyl sites for hydroxylation is 1. The highest BCUT2D eigenvalue weighted by molar-refractivity contribution is 7.19. The summed E-state index contributed by atoms with van der Waals surface area (Å²) >= 11 is 1.41. The average molecular weight is 462 g/mol. The predicted molar refractivity (Wildman–Crippen MR) is 122 cm³/mol. The summed E-state index contributed by atoms with van der Waals surface area (Å²) in [6.45, 7) is 1.60. The molecule has 0 radical (unpaired) electrons. The van der Waals surface area contributed by atoms with E-state index in [0.29, 0.717) is 10.2 Å². The number of hydrogen-bond donors (Lipinski definition) is 1. The lowest BCUT2D eigenvalue weighted by atomic mass is 10.0. The number of aromatic nitrogens is 2. The molecule has 0 saturated carbocycles. The number of fused-ring (bicyclic) bond motifs is 1. The first-order valence-electron chi connectivity index (χ1n) is 9.66.